The van der Waals surface area contributed by atoms with Gasteiger partial charge in [-0.1, -0.05) is 41.4 Å². The smallest absolute Gasteiger partial charge is 0.145 e. The van der Waals surface area contributed by atoms with Gasteiger partial charge in [0.2, 0.25) is 0 Å². The van der Waals surface area contributed by atoms with Crippen LogP contribution in [0.25, 0.3) is 0 Å². The van der Waals surface area contributed by atoms with Gasteiger partial charge in [-0.15, -0.1) is 0 Å². The van der Waals surface area contributed by atoms with Gasteiger partial charge in [-0.3, -0.25) is 0 Å². The molecule has 106 valence electrons. The van der Waals surface area contributed by atoms with E-state index in [1.807, 2.05) is 6.07 Å². The minimum absolute atomic E-state index is 0.555. The van der Waals surface area contributed by atoms with Crippen LogP contribution in [0.1, 0.15) is 11.1 Å². The molecule has 0 aliphatic heterocycles. The molecule has 4 heteroatoms. The first kappa shape index (κ1) is 14.5. The molecule has 0 aromatic heterocycles. The van der Waals surface area contributed by atoms with E-state index in [4.69, 9.17) is 21.1 Å². The molecule has 3 nitrogen and oxygen atoms in total. The fraction of sp³-hybridized carbons (Fsp3) is 0.250. The van der Waals surface area contributed by atoms with Crippen LogP contribution in [0, 0.1) is 6.92 Å². The van der Waals surface area contributed by atoms with Crippen LogP contribution in [0.3, 0.4) is 0 Å². The number of benzene rings is 2. The highest BCUT2D eigenvalue weighted by molar-refractivity contribution is 6.32. The third-order valence-corrected chi connectivity index (χ3v) is 3.37. The molecule has 0 bridgehead atoms. The third kappa shape index (κ3) is 3.36. The molecular formula is C16H18ClNO2. The quantitative estimate of drug-likeness (QED) is 0.892. The van der Waals surface area contributed by atoms with E-state index in [1.54, 1.807) is 20.3 Å². The number of hydrogen-bond acceptors (Lipinski definition) is 3. The monoisotopic (exact) mass is 291 g/mol. The molecule has 0 heterocycles. The van der Waals surface area contributed by atoms with Gasteiger partial charge >= 0.3 is 0 Å². The van der Waals surface area contributed by atoms with Gasteiger partial charge in [-0.2, -0.15) is 0 Å². The zero-order chi connectivity index (χ0) is 14.5. The normalized spacial score (nSPS) is 10.2. The van der Waals surface area contributed by atoms with Gasteiger partial charge in [0.05, 0.1) is 24.9 Å². The van der Waals surface area contributed by atoms with Gasteiger partial charge in [0.1, 0.15) is 11.5 Å². The molecule has 2 rings (SSSR count). The maximum absolute atomic E-state index is 6.14. The Labute approximate surface area is 124 Å². The molecule has 0 unspecified atom stereocenters. The van der Waals surface area contributed by atoms with Crippen molar-refractivity contribution in [2.75, 3.05) is 19.5 Å². The van der Waals surface area contributed by atoms with E-state index >= 15 is 0 Å². The largest absolute Gasteiger partial charge is 0.495 e. The first-order valence-electron chi connectivity index (χ1n) is 6.35. The Kier molecular flexibility index (Phi) is 4.74. The number of anilines is 1. The van der Waals surface area contributed by atoms with E-state index in [9.17, 15) is 0 Å². The van der Waals surface area contributed by atoms with E-state index in [2.05, 4.69) is 36.5 Å². The van der Waals surface area contributed by atoms with Crippen molar-refractivity contribution in [2.45, 2.75) is 13.5 Å². The number of ether oxygens (including phenoxy) is 2. The van der Waals surface area contributed by atoms with Crippen molar-refractivity contribution >= 4 is 17.3 Å². The summed E-state index contributed by atoms with van der Waals surface area (Å²) in [6.07, 6.45) is 0. The summed E-state index contributed by atoms with van der Waals surface area (Å²) >= 11 is 6.14. The van der Waals surface area contributed by atoms with Crippen LogP contribution in [-0.4, -0.2) is 14.2 Å². The Bertz CT molecular complexity index is 582. The van der Waals surface area contributed by atoms with Crippen LogP contribution in [0.15, 0.2) is 36.4 Å². The summed E-state index contributed by atoms with van der Waals surface area (Å²) in [5.74, 6) is 1.31. The summed E-state index contributed by atoms with van der Waals surface area (Å²) in [6, 6.07) is 12.0. The van der Waals surface area contributed by atoms with Crippen LogP contribution in [0.2, 0.25) is 5.02 Å². The maximum Gasteiger partial charge on any atom is 0.145 e. The van der Waals surface area contributed by atoms with Gasteiger partial charge in [0.25, 0.3) is 0 Å². The topological polar surface area (TPSA) is 30.5 Å². The van der Waals surface area contributed by atoms with Crippen LogP contribution in [0.5, 0.6) is 11.5 Å². The molecule has 0 fully saturated rings. The second-order valence-electron chi connectivity index (χ2n) is 4.53. The number of nitrogens with one attached hydrogen (secondary N) is 1. The van der Waals surface area contributed by atoms with E-state index < -0.39 is 0 Å². The van der Waals surface area contributed by atoms with E-state index in [1.165, 1.54) is 11.1 Å². The highest BCUT2D eigenvalue weighted by atomic mass is 35.5. The summed E-state index contributed by atoms with van der Waals surface area (Å²) in [6.45, 7) is 2.78. The van der Waals surface area contributed by atoms with Crippen molar-refractivity contribution in [1.29, 1.82) is 0 Å². The zero-order valence-electron chi connectivity index (χ0n) is 11.9. The molecule has 0 radical (unpaired) electrons. The minimum atomic E-state index is 0.555. The molecule has 0 atom stereocenters. The number of methoxy groups -OCH3 is 2. The van der Waals surface area contributed by atoms with Crippen molar-refractivity contribution in [2.24, 2.45) is 0 Å². The average Bonchev–Trinajstić information content (AvgIpc) is 2.46. The molecule has 0 aliphatic rings. The van der Waals surface area contributed by atoms with E-state index in [-0.39, 0.29) is 0 Å². The van der Waals surface area contributed by atoms with E-state index in [0.29, 0.717) is 23.1 Å². The first-order chi connectivity index (χ1) is 9.63. The summed E-state index contributed by atoms with van der Waals surface area (Å²) in [4.78, 5) is 0. The van der Waals surface area contributed by atoms with Gasteiger partial charge in [-0.05, 0) is 18.6 Å². The lowest BCUT2D eigenvalue weighted by Crippen LogP contribution is -2.02. The average molecular weight is 292 g/mol. The van der Waals surface area contributed by atoms with Crippen LogP contribution in [-0.2, 0) is 6.54 Å². The maximum atomic E-state index is 6.14. The number of halogens is 1. The minimum Gasteiger partial charge on any atom is -0.495 e. The highest BCUT2D eigenvalue weighted by Crippen LogP contribution is 2.36. The summed E-state index contributed by atoms with van der Waals surface area (Å²) in [5, 5.41) is 3.88. The second-order valence-corrected chi connectivity index (χ2v) is 4.93. The Morgan fingerprint density at radius 1 is 1.00 bits per heavy atom. The molecule has 20 heavy (non-hydrogen) atoms. The molecule has 0 amide bonds. The molecule has 2 aromatic carbocycles. The van der Waals surface area contributed by atoms with Crippen molar-refractivity contribution in [3.63, 3.8) is 0 Å². The summed E-state index contributed by atoms with van der Waals surface area (Å²) in [7, 11) is 3.21. The van der Waals surface area contributed by atoms with Crippen molar-refractivity contribution in [1.82, 2.24) is 0 Å². The lowest BCUT2D eigenvalue weighted by molar-refractivity contribution is 0.395. The second kappa shape index (κ2) is 6.53. The fourth-order valence-corrected chi connectivity index (χ4v) is 2.14. The molecule has 1 N–H and O–H groups in total. The predicted molar refractivity (Wildman–Crippen MR) is 83.1 cm³/mol. The SMILES string of the molecule is COc1cc(OC)c(NCc2ccc(C)cc2)cc1Cl. The van der Waals surface area contributed by atoms with Gasteiger partial charge in [0, 0.05) is 12.6 Å². The Morgan fingerprint density at radius 3 is 2.25 bits per heavy atom. The van der Waals surface area contributed by atoms with Crippen LogP contribution >= 0.6 is 11.6 Å². The first-order valence-corrected chi connectivity index (χ1v) is 6.72. The Hall–Kier alpha value is -1.87. The van der Waals surface area contributed by atoms with Crippen molar-refractivity contribution < 1.29 is 9.47 Å². The molecule has 0 aliphatic carbocycles. The molecule has 0 saturated heterocycles. The van der Waals surface area contributed by atoms with Crippen molar-refractivity contribution in [3.05, 3.63) is 52.5 Å². The number of hydrogen-bond donors (Lipinski definition) is 1. The Balaban J connectivity index is 2.16. The summed E-state index contributed by atoms with van der Waals surface area (Å²) in [5.41, 5.74) is 3.29. The molecular weight excluding hydrogens is 274 g/mol. The summed E-state index contributed by atoms with van der Waals surface area (Å²) < 4.78 is 10.5. The van der Waals surface area contributed by atoms with Gasteiger partial charge in [-0.25, -0.2) is 0 Å². The van der Waals surface area contributed by atoms with Crippen molar-refractivity contribution in [3.8, 4) is 11.5 Å². The predicted octanol–water partition coefficient (Wildman–Crippen LogP) is 4.28. The van der Waals surface area contributed by atoms with Gasteiger partial charge < -0.3 is 14.8 Å². The molecule has 0 spiro atoms. The molecule has 2 aromatic rings. The highest BCUT2D eigenvalue weighted by Gasteiger charge is 2.09. The third-order valence-electron chi connectivity index (χ3n) is 3.08. The lowest BCUT2D eigenvalue weighted by atomic mass is 10.1. The van der Waals surface area contributed by atoms with E-state index in [0.717, 1.165) is 5.69 Å². The molecule has 0 saturated carbocycles. The Morgan fingerprint density at radius 2 is 1.65 bits per heavy atom. The van der Waals surface area contributed by atoms with Crippen LogP contribution < -0.4 is 14.8 Å². The zero-order valence-corrected chi connectivity index (χ0v) is 12.6. The lowest BCUT2D eigenvalue weighted by Gasteiger charge is -2.14. The number of rotatable bonds is 5. The number of aryl methyl sites for hydroxylation is 1. The van der Waals surface area contributed by atoms with Crippen LogP contribution in [0.4, 0.5) is 5.69 Å². The van der Waals surface area contributed by atoms with Gasteiger partial charge in [0.15, 0.2) is 0 Å². The standard InChI is InChI=1S/C16H18ClNO2/c1-11-4-6-12(7-5-11)10-18-14-8-13(17)15(19-2)9-16(14)20-3/h4-9,18H,10H2,1-3H3. The fourth-order valence-electron chi connectivity index (χ4n) is 1.90.